The van der Waals surface area contributed by atoms with E-state index in [1.165, 1.54) is 18.2 Å². The van der Waals surface area contributed by atoms with E-state index in [-0.39, 0.29) is 11.4 Å². The number of aromatic amines is 1. The number of aromatic nitrogens is 3. The minimum atomic E-state index is -0.304. The van der Waals surface area contributed by atoms with Crippen LogP contribution in [0, 0.1) is 5.82 Å². The van der Waals surface area contributed by atoms with Gasteiger partial charge in [0.2, 0.25) is 0 Å². The van der Waals surface area contributed by atoms with Crippen LogP contribution in [0.1, 0.15) is 5.56 Å². The summed E-state index contributed by atoms with van der Waals surface area (Å²) >= 11 is 0. The average molecular weight is 319 g/mol. The number of rotatable bonds is 3. The summed E-state index contributed by atoms with van der Waals surface area (Å²) in [5, 5.41) is 7.99. The van der Waals surface area contributed by atoms with Crippen LogP contribution in [-0.4, -0.2) is 14.8 Å². The third-order valence-electron chi connectivity index (χ3n) is 4.00. The van der Waals surface area contributed by atoms with E-state index < -0.39 is 0 Å². The second-order valence-corrected chi connectivity index (χ2v) is 5.69. The monoisotopic (exact) mass is 319 g/mol. The molecule has 0 aliphatic rings. The lowest BCUT2D eigenvalue weighted by Crippen LogP contribution is -2.19. The van der Waals surface area contributed by atoms with Crippen LogP contribution in [0.2, 0.25) is 0 Å². The molecule has 2 heterocycles. The Balaban J connectivity index is 1.74. The first-order chi connectivity index (χ1) is 11.7. The molecule has 0 fully saturated rings. The molecular formula is C19H14FN3O. The van der Waals surface area contributed by atoms with Crippen molar-refractivity contribution in [2.45, 2.75) is 6.54 Å². The van der Waals surface area contributed by atoms with Crippen LogP contribution >= 0.6 is 0 Å². The van der Waals surface area contributed by atoms with Crippen LogP contribution in [0.25, 0.3) is 22.0 Å². The summed E-state index contributed by atoms with van der Waals surface area (Å²) in [6.07, 6.45) is 3.56. The van der Waals surface area contributed by atoms with Crippen molar-refractivity contribution in [3.05, 3.63) is 88.7 Å². The Kier molecular flexibility index (Phi) is 3.46. The molecular weight excluding hydrogens is 305 g/mol. The fourth-order valence-corrected chi connectivity index (χ4v) is 2.77. The topological polar surface area (TPSA) is 50.7 Å². The van der Waals surface area contributed by atoms with Crippen LogP contribution in [0.3, 0.4) is 0 Å². The third-order valence-corrected chi connectivity index (χ3v) is 4.00. The Bertz CT molecular complexity index is 1080. The van der Waals surface area contributed by atoms with Crippen molar-refractivity contribution in [1.29, 1.82) is 0 Å². The molecule has 4 rings (SSSR count). The number of hydrogen-bond donors (Lipinski definition) is 1. The van der Waals surface area contributed by atoms with E-state index in [1.807, 2.05) is 18.2 Å². The fraction of sp³-hybridized carbons (Fsp3) is 0.0526. The molecule has 5 heteroatoms. The highest BCUT2D eigenvalue weighted by Crippen LogP contribution is 2.22. The highest BCUT2D eigenvalue weighted by Gasteiger charge is 2.05. The van der Waals surface area contributed by atoms with Gasteiger partial charge in [-0.3, -0.25) is 9.89 Å². The molecule has 2 aromatic carbocycles. The number of benzene rings is 2. The van der Waals surface area contributed by atoms with E-state index in [2.05, 4.69) is 10.2 Å². The highest BCUT2D eigenvalue weighted by atomic mass is 19.1. The maximum atomic E-state index is 13.3. The number of hydrogen-bond acceptors (Lipinski definition) is 2. The van der Waals surface area contributed by atoms with Crippen LogP contribution < -0.4 is 5.56 Å². The number of nitrogens with zero attached hydrogens (tertiary/aromatic N) is 2. The Morgan fingerprint density at radius 2 is 1.92 bits per heavy atom. The van der Waals surface area contributed by atoms with Gasteiger partial charge in [-0.15, -0.1) is 0 Å². The molecule has 4 nitrogen and oxygen atoms in total. The lowest BCUT2D eigenvalue weighted by molar-refractivity contribution is 0.623. The predicted octanol–water partition coefficient (Wildman–Crippen LogP) is 3.58. The quantitative estimate of drug-likeness (QED) is 0.627. The molecule has 0 bridgehead atoms. The molecule has 118 valence electrons. The van der Waals surface area contributed by atoms with E-state index >= 15 is 0 Å². The van der Waals surface area contributed by atoms with E-state index in [0.29, 0.717) is 6.54 Å². The molecule has 0 spiro atoms. The molecule has 0 saturated heterocycles. The Labute approximate surface area is 137 Å². The van der Waals surface area contributed by atoms with Crippen molar-refractivity contribution < 1.29 is 4.39 Å². The average Bonchev–Trinajstić information content (AvgIpc) is 3.04. The van der Waals surface area contributed by atoms with Crippen molar-refractivity contribution in [2.24, 2.45) is 0 Å². The van der Waals surface area contributed by atoms with Crippen molar-refractivity contribution >= 4 is 10.9 Å². The molecule has 0 aliphatic carbocycles. The van der Waals surface area contributed by atoms with Gasteiger partial charge < -0.3 is 4.57 Å². The molecule has 0 unspecified atom stereocenters. The number of fused-ring (bicyclic) bond motifs is 1. The summed E-state index contributed by atoms with van der Waals surface area (Å²) in [5.41, 5.74) is 3.47. The van der Waals surface area contributed by atoms with Gasteiger partial charge >= 0.3 is 0 Å². The Morgan fingerprint density at radius 1 is 1.04 bits per heavy atom. The second-order valence-electron chi connectivity index (χ2n) is 5.69. The zero-order valence-corrected chi connectivity index (χ0v) is 12.7. The summed E-state index contributed by atoms with van der Waals surface area (Å²) in [6, 6.07) is 15.6. The molecule has 0 aliphatic heterocycles. The zero-order chi connectivity index (χ0) is 16.5. The first kappa shape index (κ1) is 14.4. The van der Waals surface area contributed by atoms with Gasteiger partial charge in [0.15, 0.2) is 0 Å². The smallest absolute Gasteiger partial charge is 0.250 e. The largest absolute Gasteiger partial charge is 0.310 e. The van der Waals surface area contributed by atoms with Gasteiger partial charge in [-0.1, -0.05) is 24.3 Å². The minimum Gasteiger partial charge on any atom is -0.310 e. The van der Waals surface area contributed by atoms with E-state index in [1.54, 1.807) is 35.2 Å². The van der Waals surface area contributed by atoms with E-state index in [4.69, 9.17) is 0 Å². The number of pyridine rings is 1. The molecule has 0 atom stereocenters. The zero-order valence-electron chi connectivity index (χ0n) is 12.7. The van der Waals surface area contributed by atoms with Gasteiger partial charge in [-0.05, 0) is 41.0 Å². The van der Waals surface area contributed by atoms with Gasteiger partial charge in [-0.25, -0.2) is 4.39 Å². The molecule has 1 N–H and O–H groups in total. The molecule has 24 heavy (non-hydrogen) atoms. The van der Waals surface area contributed by atoms with Crippen molar-refractivity contribution in [3.8, 4) is 11.1 Å². The lowest BCUT2D eigenvalue weighted by Gasteiger charge is -2.09. The molecule has 2 aromatic heterocycles. The van der Waals surface area contributed by atoms with Gasteiger partial charge in [0.25, 0.3) is 5.56 Å². The number of halogens is 1. The normalized spacial score (nSPS) is 11.0. The van der Waals surface area contributed by atoms with E-state index in [0.717, 1.165) is 27.6 Å². The summed E-state index contributed by atoms with van der Waals surface area (Å²) in [6.45, 7) is 0.330. The van der Waals surface area contributed by atoms with Crippen LogP contribution in [0.15, 0.2) is 71.8 Å². The maximum Gasteiger partial charge on any atom is 0.250 e. The third kappa shape index (κ3) is 2.72. The first-order valence-electron chi connectivity index (χ1n) is 7.57. The minimum absolute atomic E-state index is 0.120. The van der Waals surface area contributed by atoms with Crippen molar-refractivity contribution in [2.75, 3.05) is 0 Å². The van der Waals surface area contributed by atoms with Gasteiger partial charge in [0.1, 0.15) is 5.82 Å². The second kappa shape index (κ2) is 5.77. The molecule has 0 radical (unpaired) electrons. The Morgan fingerprint density at radius 3 is 2.79 bits per heavy atom. The number of H-pyrrole nitrogens is 1. The standard InChI is InChI=1S/C19H14FN3O/c20-17-3-1-2-13(8-17)11-23-12-16(6-7-19(23)24)14-4-5-15-10-21-22-18(15)9-14/h1-10,12H,11H2,(H,21,22). The van der Waals surface area contributed by atoms with Gasteiger partial charge in [-0.2, -0.15) is 5.10 Å². The fourth-order valence-electron chi connectivity index (χ4n) is 2.77. The number of nitrogens with one attached hydrogen (secondary N) is 1. The Hall–Kier alpha value is -3.21. The van der Waals surface area contributed by atoms with Crippen LogP contribution in [0.4, 0.5) is 4.39 Å². The summed E-state index contributed by atoms with van der Waals surface area (Å²) in [7, 11) is 0. The highest BCUT2D eigenvalue weighted by molar-refractivity contribution is 5.83. The lowest BCUT2D eigenvalue weighted by atomic mass is 10.1. The summed E-state index contributed by atoms with van der Waals surface area (Å²) < 4.78 is 14.9. The summed E-state index contributed by atoms with van der Waals surface area (Å²) in [5.74, 6) is -0.304. The van der Waals surface area contributed by atoms with Crippen LogP contribution in [-0.2, 0) is 6.54 Å². The predicted molar refractivity (Wildman–Crippen MR) is 91.3 cm³/mol. The molecule has 0 saturated carbocycles. The van der Waals surface area contributed by atoms with Gasteiger partial charge in [0.05, 0.1) is 18.3 Å². The summed E-state index contributed by atoms with van der Waals surface area (Å²) in [4.78, 5) is 12.1. The van der Waals surface area contributed by atoms with Crippen molar-refractivity contribution in [1.82, 2.24) is 14.8 Å². The van der Waals surface area contributed by atoms with Crippen LogP contribution in [0.5, 0.6) is 0 Å². The first-order valence-corrected chi connectivity index (χ1v) is 7.57. The SMILES string of the molecule is O=c1ccc(-c2ccc3cn[nH]c3c2)cn1Cc1cccc(F)c1. The maximum absolute atomic E-state index is 13.3. The molecule has 0 amide bonds. The van der Waals surface area contributed by atoms with Gasteiger partial charge in [0, 0.05) is 17.6 Å². The van der Waals surface area contributed by atoms with E-state index in [9.17, 15) is 9.18 Å². The molecule has 4 aromatic rings. The van der Waals surface area contributed by atoms with Crippen molar-refractivity contribution in [3.63, 3.8) is 0 Å².